The van der Waals surface area contributed by atoms with E-state index in [-0.39, 0.29) is 5.91 Å². The first-order chi connectivity index (χ1) is 18.0. The van der Waals surface area contributed by atoms with Gasteiger partial charge in [-0.3, -0.25) is 9.69 Å². The summed E-state index contributed by atoms with van der Waals surface area (Å²) in [6, 6.07) is 15.4. The zero-order valence-electron chi connectivity index (χ0n) is 21.2. The zero-order chi connectivity index (χ0) is 25.8. The van der Waals surface area contributed by atoms with E-state index in [1.807, 2.05) is 42.7 Å². The molecule has 2 aromatic heterocycles. The van der Waals surface area contributed by atoms with Crippen molar-refractivity contribution in [1.29, 1.82) is 5.26 Å². The minimum absolute atomic E-state index is 0.218. The zero-order valence-corrected chi connectivity index (χ0v) is 21.2. The molecule has 0 spiro atoms. The van der Waals surface area contributed by atoms with Crippen molar-refractivity contribution in [3.63, 3.8) is 0 Å². The molecule has 1 fully saturated rings. The smallest absolute Gasteiger partial charge is 0.254 e. The number of likely N-dealkylation sites (tertiary alicyclic amines) is 1. The molecular formula is C29H30N6O2. The number of aromatic nitrogens is 3. The van der Waals surface area contributed by atoms with Gasteiger partial charge in [0.15, 0.2) is 5.65 Å². The average molecular weight is 495 g/mol. The summed E-state index contributed by atoms with van der Waals surface area (Å²) in [5.74, 6) is 0.643. The second kappa shape index (κ2) is 10.8. The average Bonchev–Trinajstić information content (AvgIpc) is 3.36. The normalized spacial score (nSPS) is 13.9. The van der Waals surface area contributed by atoms with Crippen molar-refractivity contribution in [3.8, 4) is 34.1 Å². The second-order valence-electron chi connectivity index (χ2n) is 9.52. The van der Waals surface area contributed by atoms with E-state index in [9.17, 15) is 10.1 Å². The first kappa shape index (κ1) is 24.5. The van der Waals surface area contributed by atoms with Crippen molar-refractivity contribution in [3.05, 3.63) is 72.2 Å². The van der Waals surface area contributed by atoms with Crippen molar-refractivity contribution in [2.45, 2.75) is 19.3 Å². The van der Waals surface area contributed by atoms with Gasteiger partial charge in [0.25, 0.3) is 5.91 Å². The Hall–Kier alpha value is -4.22. The summed E-state index contributed by atoms with van der Waals surface area (Å²) in [5.41, 5.74) is 4.91. The number of carbonyl (C=O) groups is 1. The molecule has 2 aromatic carbocycles. The van der Waals surface area contributed by atoms with Crippen LogP contribution in [0.2, 0.25) is 0 Å². The van der Waals surface area contributed by atoms with E-state index in [4.69, 9.17) is 4.74 Å². The molecule has 3 heterocycles. The minimum Gasteiger partial charge on any atom is -0.492 e. The van der Waals surface area contributed by atoms with Gasteiger partial charge in [0.1, 0.15) is 12.4 Å². The van der Waals surface area contributed by atoms with Crippen LogP contribution in [0, 0.1) is 11.3 Å². The maximum Gasteiger partial charge on any atom is 0.254 e. The summed E-state index contributed by atoms with van der Waals surface area (Å²) in [7, 11) is 3.34. The number of fused-ring (bicyclic) bond motifs is 1. The molecule has 1 aliphatic heterocycles. The monoisotopic (exact) mass is 494 g/mol. The van der Waals surface area contributed by atoms with Gasteiger partial charge in [0.05, 0.1) is 23.4 Å². The van der Waals surface area contributed by atoms with Gasteiger partial charge < -0.3 is 9.64 Å². The van der Waals surface area contributed by atoms with Crippen molar-refractivity contribution < 1.29 is 9.53 Å². The van der Waals surface area contributed by atoms with E-state index in [1.54, 1.807) is 36.9 Å². The molecule has 0 aliphatic carbocycles. The van der Waals surface area contributed by atoms with Crippen molar-refractivity contribution in [2.75, 3.05) is 40.3 Å². The van der Waals surface area contributed by atoms with Gasteiger partial charge >= 0.3 is 0 Å². The Morgan fingerprint density at radius 2 is 1.78 bits per heavy atom. The van der Waals surface area contributed by atoms with Gasteiger partial charge in [-0.05, 0) is 61.3 Å². The maximum atomic E-state index is 12.6. The van der Waals surface area contributed by atoms with Crippen LogP contribution in [-0.2, 0) is 0 Å². The highest BCUT2D eigenvalue weighted by Crippen LogP contribution is 2.28. The maximum absolute atomic E-state index is 12.6. The Balaban J connectivity index is 1.32. The highest BCUT2D eigenvalue weighted by atomic mass is 16.5. The van der Waals surface area contributed by atoms with Crippen LogP contribution >= 0.6 is 0 Å². The summed E-state index contributed by atoms with van der Waals surface area (Å²) in [5, 5.41) is 13.9. The van der Waals surface area contributed by atoms with Crippen molar-refractivity contribution in [1.82, 2.24) is 24.4 Å². The molecule has 0 unspecified atom stereocenters. The number of ether oxygens (including phenoxy) is 1. The lowest BCUT2D eigenvalue weighted by Crippen LogP contribution is -2.33. The lowest BCUT2D eigenvalue weighted by molar-refractivity contribution is 0.0827. The van der Waals surface area contributed by atoms with Gasteiger partial charge in [-0.25, -0.2) is 9.50 Å². The lowest BCUT2D eigenvalue weighted by Gasteiger charge is -2.26. The first-order valence-electron chi connectivity index (χ1n) is 12.6. The number of rotatable bonds is 7. The van der Waals surface area contributed by atoms with Crippen LogP contribution in [0.1, 0.15) is 35.2 Å². The third-order valence-electron chi connectivity index (χ3n) is 6.76. The highest BCUT2D eigenvalue weighted by molar-refractivity contribution is 5.98. The molecule has 0 radical (unpaired) electrons. The first-order valence-corrected chi connectivity index (χ1v) is 12.6. The minimum atomic E-state index is -0.218. The van der Waals surface area contributed by atoms with E-state index < -0.39 is 0 Å². The molecule has 0 bridgehead atoms. The van der Waals surface area contributed by atoms with Gasteiger partial charge in [0.2, 0.25) is 0 Å². The predicted molar refractivity (Wildman–Crippen MR) is 142 cm³/mol. The topological polar surface area (TPSA) is 86.8 Å². The number of piperidine rings is 1. The number of nitriles is 1. The van der Waals surface area contributed by atoms with Gasteiger partial charge in [-0.15, -0.1) is 0 Å². The summed E-state index contributed by atoms with van der Waals surface area (Å²) in [6.45, 7) is 4.01. The third-order valence-corrected chi connectivity index (χ3v) is 6.76. The molecule has 0 N–H and O–H groups in total. The van der Waals surface area contributed by atoms with Crippen LogP contribution in [0.5, 0.6) is 5.75 Å². The standard InChI is InChI=1S/C29H30N6O2/c1-33(2)29(36)26-16-22(6-7-23(26)17-30)27-19-32-35-20-24(18-31-28(27)35)21-8-10-25(11-9-21)37-15-14-34-12-4-3-5-13-34/h6-11,16,18-20H,3-5,12-15H2,1-2H3. The number of benzene rings is 2. The van der Waals surface area contributed by atoms with E-state index in [2.05, 4.69) is 21.1 Å². The van der Waals surface area contributed by atoms with E-state index in [1.165, 1.54) is 37.3 Å². The lowest BCUT2D eigenvalue weighted by atomic mass is 10.0. The van der Waals surface area contributed by atoms with Gasteiger partial charge in [0, 0.05) is 44.2 Å². The molecule has 1 amide bonds. The number of nitrogens with zero attached hydrogens (tertiary/aromatic N) is 6. The Morgan fingerprint density at radius 1 is 1.03 bits per heavy atom. The van der Waals surface area contributed by atoms with Crippen molar-refractivity contribution >= 4 is 11.6 Å². The number of hydrogen-bond donors (Lipinski definition) is 0. The van der Waals surface area contributed by atoms with Crippen LogP contribution in [0.25, 0.3) is 27.9 Å². The molecule has 8 heteroatoms. The third kappa shape index (κ3) is 5.32. The Morgan fingerprint density at radius 3 is 2.51 bits per heavy atom. The largest absolute Gasteiger partial charge is 0.492 e. The van der Waals surface area contributed by atoms with Crippen molar-refractivity contribution in [2.24, 2.45) is 0 Å². The summed E-state index contributed by atoms with van der Waals surface area (Å²) >= 11 is 0. The number of carbonyl (C=O) groups excluding carboxylic acids is 1. The Kier molecular flexibility index (Phi) is 7.15. The fourth-order valence-corrected chi connectivity index (χ4v) is 4.67. The molecule has 5 rings (SSSR count). The highest BCUT2D eigenvalue weighted by Gasteiger charge is 2.17. The van der Waals surface area contributed by atoms with E-state index in [0.29, 0.717) is 23.4 Å². The van der Waals surface area contributed by atoms with Crippen LogP contribution in [0.15, 0.2) is 61.1 Å². The summed E-state index contributed by atoms with van der Waals surface area (Å²) < 4.78 is 7.69. The summed E-state index contributed by atoms with van der Waals surface area (Å²) in [4.78, 5) is 21.2. The molecule has 188 valence electrons. The molecule has 0 atom stereocenters. The number of amides is 1. The second-order valence-corrected chi connectivity index (χ2v) is 9.52. The fraction of sp³-hybridized carbons (Fsp3) is 0.310. The van der Waals surface area contributed by atoms with Crippen LogP contribution in [0.3, 0.4) is 0 Å². The van der Waals surface area contributed by atoms with Crippen LogP contribution in [0.4, 0.5) is 0 Å². The fourth-order valence-electron chi connectivity index (χ4n) is 4.67. The molecule has 1 saturated heterocycles. The molecule has 1 aliphatic rings. The molecular weight excluding hydrogens is 464 g/mol. The van der Waals surface area contributed by atoms with Gasteiger partial charge in [-0.2, -0.15) is 10.4 Å². The number of hydrogen-bond acceptors (Lipinski definition) is 6. The molecule has 0 saturated carbocycles. The quantitative estimate of drug-likeness (QED) is 0.376. The SMILES string of the molecule is CN(C)C(=O)c1cc(-c2cnn3cc(-c4ccc(OCCN5CCCCC5)cc4)cnc23)ccc1C#N. The van der Waals surface area contributed by atoms with E-state index >= 15 is 0 Å². The predicted octanol–water partition coefficient (Wildman–Crippen LogP) is 4.50. The van der Waals surface area contributed by atoms with Crippen LogP contribution < -0.4 is 4.74 Å². The molecule has 8 nitrogen and oxygen atoms in total. The molecule has 37 heavy (non-hydrogen) atoms. The summed E-state index contributed by atoms with van der Waals surface area (Å²) in [6.07, 6.45) is 9.41. The Bertz CT molecular complexity index is 1450. The molecule has 4 aromatic rings. The Labute approximate surface area is 216 Å². The van der Waals surface area contributed by atoms with Crippen LogP contribution in [-0.4, -0.2) is 70.6 Å². The van der Waals surface area contributed by atoms with E-state index in [0.717, 1.165) is 34.5 Å². The van der Waals surface area contributed by atoms with Gasteiger partial charge in [-0.1, -0.05) is 24.6 Å².